The highest BCUT2D eigenvalue weighted by Gasteiger charge is 2.44. The summed E-state index contributed by atoms with van der Waals surface area (Å²) in [5, 5.41) is 0. The summed E-state index contributed by atoms with van der Waals surface area (Å²) in [5.41, 5.74) is 15.5. The summed E-state index contributed by atoms with van der Waals surface area (Å²) in [4.78, 5) is 18.9. The summed E-state index contributed by atoms with van der Waals surface area (Å²) in [6, 6.07) is 23.9. The van der Waals surface area contributed by atoms with Gasteiger partial charge in [0.15, 0.2) is 0 Å². The zero-order chi connectivity index (χ0) is 24.2. The number of likely N-dealkylation sites (tertiary alicyclic amines) is 2. The maximum Gasteiger partial charge on any atom is 0.228 e. The second kappa shape index (κ2) is 8.77. The lowest BCUT2D eigenvalue weighted by Crippen LogP contribution is -2.53. The van der Waals surface area contributed by atoms with Gasteiger partial charge in [-0.3, -0.25) is 4.79 Å². The second-order valence-corrected chi connectivity index (χ2v) is 11.4. The number of nitrogens with zero attached hydrogens (tertiary/aromatic N) is 2. The van der Waals surface area contributed by atoms with E-state index in [-0.39, 0.29) is 17.9 Å². The Morgan fingerprint density at radius 2 is 1.67 bits per heavy atom. The maximum absolute atomic E-state index is 14.2. The first kappa shape index (κ1) is 22.1. The Labute approximate surface area is 214 Å². The third-order valence-electron chi connectivity index (χ3n) is 9.18. The van der Waals surface area contributed by atoms with E-state index in [1.165, 1.54) is 46.2 Å². The van der Waals surface area contributed by atoms with Crippen molar-refractivity contribution in [1.82, 2.24) is 9.80 Å². The Hall–Kier alpha value is -3.11. The Kier molecular flexibility index (Phi) is 5.39. The van der Waals surface area contributed by atoms with E-state index >= 15 is 0 Å². The monoisotopic (exact) mass is 477 g/mol. The van der Waals surface area contributed by atoms with Crippen LogP contribution >= 0.6 is 0 Å². The van der Waals surface area contributed by atoms with Crippen molar-refractivity contribution in [3.8, 4) is 11.1 Å². The van der Waals surface area contributed by atoms with Gasteiger partial charge in [-0.25, -0.2) is 0 Å². The van der Waals surface area contributed by atoms with Crippen LogP contribution in [0.25, 0.3) is 11.1 Å². The van der Waals surface area contributed by atoms with Crippen LogP contribution in [0.2, 0.25) is 0 Å². The molecular formula is C32H35N3O. The van der Waals surface area contributed by atoms with E-state index in [1.807, 2.05) is 0 Å². The number of piperidine rings is 1. The van der Waals surface area contributed by atoms with Gasteiger partial charge in [0.25, 0.3) is 0 Å². The van der Waals surface area contributed by atoms with Gasteiger partial charge < -0.3 is 15.5 Å². The van der Waals surface area contributed by atoms with E-state index in [2.05, 4.69) is 76.5 Å². The molecule has 1 saturated carbocycles. The van der Waals surface area contributed by atoms with Crippen LogP contribution < -0.4 is 5.73 Å². The smallest absolute Gasteiger partial charge is 0.228 e. The lowest BCUT2D eigenvalue weighted by Gasteiger charge is -2.47. The molecule has 2 aliphatic heterocycles. The van der Waals surface area contributed by atoms with Gasteiger partial charge in [-0.05, 0) is 77.4 Å². The van der Waals surface area contributed by atoms with Gasteiger partial charge in [0.2, 0.25) is 5.91 Å². The third kappa shape index (κ3) is 3.74. The fourth-order valence-electron chi connectivity index (χ4n) is 6.94. The summed E-state index contributed by atoms with van der Waals surface area (Å²) in [7, 11) is 0. The van der Waals surface area contributed by atoms with Gasteiger partial charge in [-0.1, -0.05) is 66.7 Å². The molecule has 0 bridgehead atoms. The number of carbonyl (C=O) groups excluding carboxylic acids is 1. The minimum atomic E-state index is -0.0341. The van der Waals surface area contributed by atoms with Crippen molar-refractivity contribution in [3.05, 3.63) is 89.0 Å². The van der Waals surface area contributed by atoms with E-state index in [4.69, 9.17) is 5.73 Å². The summed E-state index contributed by atoms with van der Waals surface area (Å²) in [6.45, 7) is 3.92. The maximum atomic E-state index is 14.2. The van der Waals surface area contributed by atoms with Crippen LogP contribution in [0.1, 0.15) is 59.9 Å². The number of anilines is 1. The first-order valence-electron chi connectivity index (χ1n) is 13.7. The zero-order valence-electron chi connectivity index (χ0n) is 20.9. The molecule has 36 heavy (non-hydrogen) atoms. The SMILES string of the molecule is Nc1c([C@H]2CCN(CC3CC3)C[C@H]2C(=O)N2CC[C@H]2c2ccccc2)ccc2c1Cc1ccccc1-2. The molecule has 4 nitrogen and oxygen atoms in total. The molecule has 1 amide bonds. The molecule has 0 spiro atoms. The quantitative estimate of drug-likeness (QED) is 0.379. The van der Waals surface area contributed by atoms with Crippen molar-refractivity contribution in [2.24, 2.45) is 11.8 Å². The summed E-state index contributed by atoms with van der Waals surface area (Å²) in [6.07, 6.45) is 5.64. The standard InChI is InChI=1S/C32H35N3O/c33-31-27(13-12-25-24-9-5-4-8-23(24)18-28(25)31)26-14-16-34(19-21-10-11-21)20-29(26)32(36)35-17-15-30(35)22-6-2-1-3-7-22/h1-9,12-13,21,26,29-30H,10-11,14-20,33H2/t26-,29-,30+/m1/s1. The predicted octanol–water partition coefficient (Wildman–Crippen LogP) is 5.63. The Bertz CT molecular complexity index is 1300. The normalized spacial score (nSPS) is 25.2. The topological polar surface area (TPSA) is 49.6 Å². The van der Waals surface area contributed by atoms with Crippen molar-refractivity contribution < 1.29 is 4.79 Å². The first-order valence-corrected chi connectivity index (χ1v) is 13.7. The van der Waals surface area contributed by atoms with Crippen molar-refractivity contribution in [1.29, 1.82) is 0 Å². The molecule has 4 aliphatic rings. The van der Waals surface area contributed by atoms with Crippen molar-refractivity contribution in [3.63, 3.8) is 0 Å². The van der Waals surface area contributed by atoms with Gasteiger partial charge in [0.1, 0.15) is 0 Å². The number of rotatable bonds is 5. The van der Waals surface area contributed by atoms with Crippen LogP contribution in [-0.2, 0) is 11.2 Å². The van der Waals surface area contributed by atoms with Gasteiger partial charge >= 0.3 is 0 Å². The summed E-state index contributed by atoms with van der Waals surface area (Å²) in [5.74, 6) is 1.30. The second-order valence-electron chi connectivity index (χ2n) is 11.4. The molecule has 0 radical (unpaired) electrons. The van der Waals surface area contributed by atoms with Crippen LogP contribution in [0.5, 0.6) is 0 Å². The lowest BCUT2D eigenvalue weighted by atomic mass is 9.77. The molecule has 0 unspecified atom stereocenters. The molecule has 3 fully saturated rings. The van der Waals surface area contributed by atoms with Crippen LogP contribution in [-0.4, -0.2) is 41.9 Å². The molecule has 3 atom stereocenters. The fraction of sp³-hybridized carbons (Fsp3) is 0.406. The summed E-state index contributed by atoms with van der Waals surface area (Å²) >= 11 is 0. The number of carbonyl (C=O) groups is 1. The molecule has 7 rings (SSSR count). The fourth-order valence-corrected chi connectivity index (χ4v) is 6.94. The molecular weight excluding hydrogens is 442 g/mol. The van der Waals surface area contributed by atoms with E-state index in [1.54, 1.807) is 0 Å². The first-order chi connectivity index (χ1) is 17.7. The molecule has 4 heteroatoms. The van der Waals surface area contributed by atoms with E-state index in [9.17, 15) is 4.79 Å². The molecule has 3 aromatic carbocycles. The third-order valence-corrected chi connectivity index (χ3v) is 9.18. The van der Waals surface area contributed by atoms with Crippen LogP contribution in [0.4, 0.5) is 5.69 Å². The number of amides is 1. The highest BCUT2D eigenvalue weighted by molar-refractivity contribution is 5.85. The zero-order valence-corrected chi connectivity index (χ0v) is 20.9. The van der Waals surface area contributed by atoms with Crippen LogP contribution in [0, 0.1) is 11.8 Å². The highest BCUT2D eigenvalue weighted by atomic mass is 16.2. The van der Waals surface area contributed by atoms with Gasteiger partial charge in [-0.2, -0.15) is 0 Å². The lowest BCUT2D eigenvalue weighted by molar-refractivity contribution is -0.146. The van der Waals surface area contributed by atoms with Crippen molar-refractivity contribution in [2.75, 3.05) is 31.9 Å². The van der Waals surface area contributed by atoms with Gasteiger partial charge in [0, 0.05) is 31.7 Å². The Balaban J connectivity index is 1.20. The minimum absolute atomic E-state index is 0.0341. The number of benzene rings is 3. The van der Waals surface area contributed by atoms with Gasteiger partial charge in [0.05, 0.1) is 12.0 Å². The van der Waals surface area contributed by atoms with E-state index in [0.717, 1.165) is 57.0 Å². The van der Waals surface area contributed by atoms with Crippen molar-refractivity contribution >= 4 is 11.6 Å². The molecule has 3 aromatic rings. The van der Waals surface area contributed by atoms with Crippen LogP contribution in [0.15, 0.2) is 66.7 Å². The molecule has 2 heterocycles. The predicted molar refractivity (Wildman–Crippen MR) is 145 cm³/mol. The largest absolute Gasteiger partial charge is 0.398 e. The van der Waals surface area contributed by atoms with E-state index in [0.29, 0.717) is 5.91 Å². The van der Waals surface area contributed by atoms with E-state index < -0.39 is 0 Å². The summed E-state index contributed by atoms with van der Waals surface area (Å²) < 4.78 is 0. The Morgan fingerprint density at radius 3 is 2.44 bits per heavy atom. The molecule has 2 aliphatic carbocycles. The molecule has 184 valence electrons. The average molecular weight is 478 g/mol. The van der Waals surface area contributed by atoms with Crippen molar-refractivity contribution in [2.45, 2.75) is 44.1 Å². The number of hydrogen-bond acceptors (Lipinski definition) is 3. The molecule has 0 aromatic heterocycles. The molecule has 2 saturated heterocycles. The van der Waals surface area contributed by atoms with Crippen LogP contribution in [0.3, 0.4) is 0 Å². The number of hydrogen-bond donors (Lipinski definition) is 1. The highest BCUT2D eigenvalue weighted by Crippen LogP contribution is 2.46. The minimum Gasteiger partial charge on any atom is -0.398 e. The number of fused-ring (bicyclic) bond motifs is 3. The van der Waals surface area contributed by atoms with Gasteiger partial charge in [-0.15, -0.1) is 0 Å². The average Bonchev–Trinajstić information content (AvgIpc) is 3.61. The number of nitrogens with two attached hydrogens (primary N) is 1. The Morgan fingerprint density at radius 1 is 0.861 bits per heavy atom. The number of nitrogen functional groups attached to an aromatic ring is 1. The molecule has 2 N–H and O–H groups in total.